The zero-order valence-electron chi connectivity index (χ0n) is 14.7. The van der Waals surface area contributed by atoms with E-state index in [4.69, 9.17) is 9.47 Å². The van der Waals surface area contributed by atoms with Crippen LogP contribution in [0.1, 0.15) is 22.8 Å². The molecule has 0 aliphatic carbocycles. The van der Waals surface area contributed by atoms with Crippen LogP contribution in [0.2, 0.25) is 0 Å². The molecule has 0 atom stereocenters. The zero-order valence-corrected chi connectivity index (χ0v) is 15.5. The molecule has 0 N–H and O–H groups in total. The molecule has 1 aromatic heterocycles. The van der Waals surface area contributed by atoms with Crippen molar-refractivity contribution in [1.82, 2.24) is 4.57 Å². The molecule has 130 valence electrons. The first-order chi connectivity index (χ1) is 12.1. The van der Waals surface area contributed by atoms with Crippen LogP contribution in [0.4, 0.5) is 0 Å². The van der Waals surface area contributed by atoms with Crippen LogP contribution < -0.4 is 14.3 Å². The lowest BCUT2D eigenvalue weighted by Crippen LogP contribution is -2.14. The average molecular weight is 356 g/mol. The Balaban J connectivity index is 2.08. The number of amides is 1. The van der Waals surface area contributed by atoms with Crippen LogP contribution >= 0.6 is 11.3 Å². The molecule has 1 amide bonds. The summed E-state index contributed by atoms with van der Waals surface area (Å²) in [6, 6.07) is 11.3. The van der Waals surface area contributed by atoms with Gasteiger partial charge in [-0.25, -0.2) is 0 Å². The number of nitrogens with zero attached hydrogens (tertiary/aromatic N) is 2. The van der Waals surface area contributed by atoms with Gasteiger partial charge in [-0.15, -0.1) is 0 Å². The Kier molecular flexibility index (Phi) is 4.90. The van der Waals surface area contributed by atoms with Gasteiger partial charge in [0.2, 0.25) is 0 Å². The molecule has 0 saturated carbocycles. The number of thiazole rings is 1. The number of carbonyl (C=O) groups excluding carboxylic acids is 1. The lowest BCUT2D eigenvalue weighted by molar-refractivity contribution is 0.0997. The fourth-order valence-corrected chi connectivity index (χ4v) is 3.86. The fraction of sp³-hybridized carbons (Fsp3) is 0.263. The van der Waals surface area contributed by atoms with Gasteiger partial charge in [0, 0.05) is 12.6 Å². The van der Waals surface area contributed by atoms with E-state index in [0.29, 0.717) is 21.9 Å². The molecule has 0 fully saturated rings. The summed E-state index contributed by atoms with van der Waals surface area (Å²) in [7, 11) is 5.05. The maximum Gasteiger partial charge on any atom is 0.279 e. The highest BCUT2D eigenvalue weighted by atomic mass is 32.1. The Morgan fingerprint density at radius 3 is 2.60 bits per heavy atom. The number of fused-ring (bicyclic) bond motifs is 1. The molecule has 0 unspecified atom stereocenters. The van der Waals surface area contributed by atoms with E-state index < -0.39 is 0 Å². The summed E-state index contributed by atoms with van der Waals surface area (Å²) in [6.45, 7) is 2.12. The van der Waals surface area contributed by atoms with E-state index >= 15 is 0 Å². The molecule has 0 spiro atoms. The van der Waals surface area contributed by atoms with Crippen LogP contribution in [0, 0.1) is 0 Å². The normalized spacial score (nSPS) is 11.8. The van der Waals surface area contributed by atoms with Crippen LogP contribution in [0.25, 0.3) is 10.2 Å². The van der Waals surface area contributed by atoms with Gasteiger partial charge in [0.15, 0.2) is 16.3 Å². The van der Waals surface area contributed by atoms with Crippen molar-refractivity contribution in [3.8, 4) is 11.5 Å². The third-order valence-electron chi connectivity index (χ3n) is 4.11. The maximum absolute atomic E-state index is 12.6. The summed E-state index contributed by atoms with van der Waals surface area (Å²) in [6.07, 6.45) is 0.935. The van der Waals surface area contributed by atoms with Crippen LogP contribution in [0.5, 0.6) is 11.5 Å². The van der Waals surface area contributed by atoms with E-state index in [1.807, 2.05) is 17.7 Å². The molecule has 1 heterocycles. The van der Waals surface area contributed by atoms with Gasteiger partial charge in [0.05, 0.1) is 24.4 Å². The minimum Gasteiger partial charge on any atom is -0.493 e. The molecule has 0 bridgehead atoms. The average Bonchev–Trinajstić information content (AvgIpc) is 2.96. The summed E-state index contributed by atoms with van der Waals surface area (Å²) >= 11 is 1.51. The summed E-state index contributed by atoms with van der Waals surface area (Å²) in [5, 5.41) is 0. The number of rotatable bonds is 4. The highest BCUT2D eigenvalue weighted by Crippen LogP contribution is 2.28. The van der Waals surface area contributed by atoms with E-state index in [0.717, 1.165) is 16.6 Å². The van der Waals surface area contributed by atoms with Gasteiger partial charge in [0.25, 0.3) is 5.91 Å². The highest BCUT2D eigenvalue weighted by molar-refractivity contribution is 7.16. The molecule has 0 radical (unpaired) electrons. The van der Waals surface area contributed by atoms with Crippen LogP contribution in [0.3, 0.4) is 0 Å². The van der Waals surface area contributed by atoms with Crippen LogP contribution in [0.15, 0.2) is 41.4 Å². The predicted molar refractivity (Wildman–Crippen MR) is 99.6 cm³/mol. The van der Waals surface area contributed by atoms with E-state index in [9.17, 15) is 4.79 Å². The molecule has 3 aromatic rings. The molecule has 0 aliphatic heterocycles. The number of aromatic nitrogens is 1. The topological polar surface area (TPSA) is 52.8 Å². The second-order valence-electron chi connectivity index (χ2n) is 5.55. The molecular formula is C19H20N2O3S. The second-order valence-corrected chi connectivity index (χ2v) is 6.56. The molecular weight excluding hydrogens is 336 g/mol. The van der Waals surface area contributed by atoms with Crippen molar-refractivity contribution in [2.75, 3.05) is 14.2 Å². The SMILES string of the molecule is CCc1cccc2sc(=NC(=O)c3ccc(OC)c(OC)c3)n(C)c12. The minimum atomic E-state index is -0.304. The number of methoxy groups -OCH3 is 2. The smallest absolute Gasteiger partial charge is 0.279 e. The fourth-order valence-electron chi connectivity index (χ4n) is 2.80. The lowest BCUT2D eigenvalue weighted by atomic mass is 10.1. The van der Waals surface area contributed by atoms with Crippen molar-refractivity contribution in [3.63, 3.8) is 0 Å². The molecule has 5 nitrogen and oxygen atoms in total. The third kappa shape index (κ3) is 3.17. The quantitative estimate of drug-likeness (QED) is 0.718. The molecule has 3 rings (SSSR count). The third-order valence-corrected chi connectivity index (χ3v) is 5.21. The number of hydrogen-bond acceptors (Lipinski definition) is 4. The Bertz CT molecular complexity index is 1000. The van der Waals surface area contributed by atoms with Crippen molar-refractivity contribution in [3.05, 3.63) is 52.3 Å². The standard InChI is InChI=1S/C19H20N2O3S/c1-5-12-7-6-8-16-17(12)21(2)19(25-16)20-18(22)13-9-10-14(23-3)15(11-13)24-4/h6-11H,5H2,1-4H3. The van der Waals surface area contributed by atoms with Gasteiger partial charge >= 0.3 is 0 Å². The second kappa shape index (κ2) is 7.11. The van der Waals surface area contributed by atoms with Gasteiger partial charge in [-0.1, -0.05) is 30.4 Å². The minimum absolute atomic E-state index is 0.304. The van der Waals surface area contributed by atoms with Gasteiger partial charge in [-0.3, -0.25) is 4.79 Å². The number of benzene rings is 2. The molecule has 0 saturated heterocycles. The van der Waals surface area contributed by atoms with Gasteiger partial charge in [0.1, 0.15) is 0 Å². The van der Waals surface area contributed by atoms with Crippen LogP contribution in [-0.2, 0) is 13.5 Å². The van der Waals surface area contributed by atoms with Crippen molar-refractivity contribution in [2.24, 2.45) is 12.0 Å². The van der Waals surface area contributed by atoms with E-state index in [-0.39, 0.29) is 5.91 Å². The number of ether oxygens (including phenoxy) is 2. The van der Waals surface area contributed by atoms with E-state index in [2.05, 4.69) is 24.0 Å². The molecule has 2 aromatic carbocycles. The van der Waals surface area contributed by atoms with Crippen molar-refractivity contribution in [2.45, 2.75) is 13.3 Å². The number of carbonyl (C=O) groups is 1. The Morgan fingerprint density at radius 2 is 1.92 bits per heavy atom. The van der Waals surface area contributed by atoms with E-state index in [1.54, 1.807) is 32.4 Å². The Labute approximate surface area is 150 Å². The zero-order chi connectivity index (χ0) is 18.0. The maximum atomic E-state index is 12.6. The van der Waals surface area contributed by atoms with Gasteiger partial charge < -0.3 is 14.0 Å². The van der Waals surface area contributed by atoms with E-state index in [1.165, 1.54) is 16.9 Å². The van der Waals surface area contributed by atoms with Gasteiger partial charge in [-0.05, 0) is 36.2 Å². The summed E-state index contributed by atoms with van der Waals surface area (Å²) in [5.74, 6) is 0.790. The first-order valence-corrected chi connectivity index (χ1v) is 8.79. The summed E-state index contributed by atoms with van der Waals surface area (Å²) < 4.78 is 13.6. The number of aryl methyl sites for hydroxylation is 2. The largest absolute Gasteiger partial charge is 0.493 e. The van der Waals surface area contributed by atoms with Crippen molar-refractivity contribution >= 4 is 27.5 Å². The first kappa shape index (κ1) is 17.2. The number of hydrogen-bond donors (Lipinski definition) is 0. The molecule has 6 heteroatoms. The Hall–Kier alpha value is -2.60. The molecule has 25 heavy (non-hydrogen) atoms. The van der Waals surface area contributed by atoms with Crippen LogP contribution in [-0.4, -0.2) is 24.7 Å². The summed E-state index contributed by atoms with van der Waals surface area (Å²) in [5.41, 5.74) is 2.84. The molecule has 0 aliphatic rings. The summed E-state index contributed by atoms with van der Waals surface area (Å²) in [4.78, 5) is 17.6. The van der Waals surface area contributed by atoms with Crippen molar-refractivity contribution in [1.29, 1.82) is 0 Å². The van der Waals surface area contributed by atoms with Crippen molar-refractivity contribution < 1.29 is 14.3 Å². The number of para-hydroxylation sites is 1. The predicted octanol–water partition coefficient (Wildman–Crippen LogP) is 3.56. The highest BCUT2D eigenvalue weighted by Gasteiger charge is 2.12. The Morgan fingerprint density at radius 1 is 1.16 bits per heavy atom. The monoisotopic (exact) mass is 356 g/mol. The van der Waals surface area contributed by atoms with Gasteiger partial charge in [-0.2, -0.15) is 4.99 Å². The lowest BCUT2D eigenvalue weighted by Gasteiger charge is -2.07. The first-order valence-electron chi connectivity index (χ1n) is 7.97.